The van der Waals surface area contributed by atoms with Gasteiger partial charge in [-0.15, -0.1) is 0 Å². The summed E-state index contributed by atoms with van der Waals surface area (Å²) in [5, 5.41) is 15.5. The van der Waals surface area contributed by atoms with Gasteiger partial charge >= 0.3 is 0 Å². The summed E-state index contributed by atoms with van der Waals surface area (Å²) >= 11 is 0. The van der Waals surface area contributed by atoms with Crippen LogP contribution >= 0.6 is 0 Å². The Bertz CT molecular complexity index is 399. The molecule has 0 aromatic heterocycles. The first-order valence-corrected chi connectivity index (χ1v) is 5.24. The maximum Gasteiger partial charge on any atom is 0.227 e. The number of allylic oxidation sites excluding steroid dienone is 1. The van der Waals surface area contributed by atoms with Crippen molar-refractivity contribution in [2.24, 2.45) is 5.16 Å². The highest BCUT2D eigenvalue weighted by Crippen LogP contribution is 2.23. The Morgan fingerprint density at radius 1 is 1.31 bits per heavy atom. The normalized spacial score (nSPS) is 14.8. The van der Waals surface area contributed by atoms with Gasteiger partial charge in [0, 0.05) is 24.8 Å². The Hall–Kier alpha value is -1.81. The molecule has 2 rings (SSSR count). The van der Waals surface area contributed by atoms with Gasteiger partial charge in [-0.2, -0.15) is 0 Å². The lowest BCUT2D eigenvalue weighted by Gasteiger charge is -2.16. The Kier molecular flexibility index (Phi) is 3.56. The Balaban J connectivity index is 2.23. The van der Waals surface area contributed by atoms with Crippen LogP contribution in [0.25, 0.3) is 5.57 Å². The Labute approximate surface area is 94.2 Å². The van der Waals surface area contributed by atoms with Crippen LogP contribution in [0.15, 0.2) is 41.4 Å². The summed E-state index contributed by atoms with van der Waals surface area (Å²) in [5.74, 6) is 0.628. The van der Waals surface area contributed by atoms with Crippen molar-refractivity contribution in [3.8, 4) is 0 Å². The first kappa shape index (κ1) is 10.7. The average Bonchev–Trinajstić information content (AvgIpc) is 2.38. The molecule has 0 unspecified atom stereocenters. The number of hydrogen-bond donors (Lipinski definition) is 2. The molecule has 0 radical (unpaired) electrons. The summed E-state index contributed by atoms with van der Waals surface area (Å²) in [6, 6.07) is 10.00. The first-order chi connectivity index (χ1) is 7.92. The van der Waals surface area contributed by atoms with Crippen molar-refractivity contribution in [2.75, 3.05) is 13.2 Å². The summed E-state index contributed by atoms with van der Waals surface area (Å²) in [5.41, 5.74) is 2.16. The van der Waals surface area contributed by atoms with E-state index in [9.17, 15) is 0 Å². The topological polar surface area (TPSA) is 53.8 Å². The van der Waals surface area contributed by atoms with Gasteiger partial charge < -0.3 is 15.3 Å². The average molecular weight is 218 g/mol. The summed E-state index contributed by atoms with van der Waals surface area (Å²) in [7, 11) is 0. The monoisotopic (exact) mass is 218 g/mol. The SMILES string of the molecule is OCCNC1=C(c2ccccc2)CC=NO1. The van der Waals surface area contributed by atoms with Crippen LogP contribution < -0.4 is 5.32 Å². The van der Waals surface area contributed by atoms with Crippen LogP contribution in [-0.4, -0.2) is 24.5 Å². The molecule has 0 saturated carbocycles. The number of aliphatic hydroxyl groups is 1. The summed E-state index contributed by atoms with van der Waals surface area (Å²) < 4.78 is 0. The predicted octanol–water partition coefficient (Wildman–Crippen LogP) is 1.34. The largest absolute Gasteiger partial charge is 0.395 e. The molecule has 0 aliphatic carbocycles. The zero-order chi connectivity index (χ0) is 11.2. The standard InChI is InChI=1S/C12H14N2O2/c15-9-8-13-12-11(6-7-14-16-12)10-4-2-1-3-5-10/h1-5,7,13,15H,6,8-9H2. The number of rotatable bonds is 4. The molecular weight excluding hydrogens is 204 g/mol. The molecule has 1 aliphatic heterocycles. The van der Waals surface area contributed by atoms with Crippen molar-refractivity contribution in [1.82, 2.24) is 5.32 Å². The number of oxime groups is 1. The molecule has 2 N–H and O–H groups in total. The minimum Gasteiger partial charge on any atom is -0.395 e. The van der Waals surface area contributed by atoms with Crippen LogP contribution in [0.5, 0.6) is 0 Å². The molecule has 0 saturated heterocycles. The Morgan fingerprint density at radius 3 is 2.88 bits per heavy atom. The second kappa shape index (κ2) is 5.32. The Morgan fingerprint density at radius 2 is 2.12 bits per heavy atom. The molecular formula is C12H14N2O2. The highest BCUT2D eigenvalue weighted by Gasteiger charge is 2.13. The lowest BCUT2D eigenvalue weighted by Crippen LogP contribution is -2.21. The second-order valence-corrected chi connectivity index (χ2v) is 3.41. The maximum absolute atomic E-state index is 8.77. The molecule has 0 spiro atoms. The van der Waals surface area contributed by atoms with E-state index in [1.807, 2.05) is 30.3 Å². The third-order valence-corrected chi connectivity index (χ3v) is 2.31. The maximum atomic E-state index is 8.77. The van der Waals surface area contributed by atoms with Crippen LogP contribution in [-0.2, 0) is 4.84 Å². The van der Waals surface area contributed by atoms with Crippen LogP contribution in [0.1, 0.15) is 12.0 Å². The quantitative estimate of drug-likeness (QED) is 0.802. The fourth-order valence-electron chi connectivity index (χ4n) is 1.56. The van der Waals surface area contributed by atoms with Crippen molar-refractivity contribution in [1.29, 1.82) is 0 Å². The van der Waals surface area contributed by atoms with E-state index >= 15 is 0 Å². The van der Waals surface area contributed by atoms with E-state index in [1.165, 1.54) is 0 Å². The molecule has 4 heteroatoms. The summed E-state index contributed by atoms with van der Waals surface area (Å²) in [6.45, 7) is 0.528. The van der Waals surface area contributed by atoms with E-state index in [2.05, 4.69) is 10.5 Å². The van der Waals surface area contributed by atoms with Crippen molar-refractivity contribution in [3.63, 3.8) is 0 Å². The molecule has 4 nitrogen and oxygen atoms in total. The van der Waals surface area contributed by atoms with Crippen LogP contribution in [0.4, 0.5) is 0 Å². The van der Waals surface area contributed by atoms with Crippen molar-refractivity contribution >= 4 is 11.8 Å². The molecule has 0 amide bonds. The van der Waals surface area contributed by atoms with Gasteiger partial charge in [-0.25, -0.2) is 0 Å². The van der Waals surface area contributed by atoms with Gasteiger partial charge in [0.15, 0.2) is 0 Å². The minimum atomic E-state index is 0.0681. The first-order valence-electron chi connectivity index (χ1n) is 5.24. The van der Waals surface area contributed by atoms with E-state index in [4.69, 9.17) is 9.94 Å². The molecule has 0 bridgehead atoms. The number of nitrogens with zero attached hydrogens (tertiary/aromatic N) is 1. The van der Waals surface area contributed by atoms with Gasteiger partial charge in [-0.3, -0.25) is 0 Å². The van der Waals surface area contributed by atoms with Crippen LogP contribution in [0.2, 0.25) is 0 Å². The van der Waals surface area contributed by atoms with Gasteiger partial charge in [-0.05, 0) is 5.56 Å². The molecule has 16 heavy (non-hydrogen) atoms. The van der Waals surface area contributed by atoms with Gasteiger partial charge in [0.05, 0.1) is 6.61 Å². The number of aliphatic hydroxyl groups excluding tert-OH is 1. The molecule has 1 aromatic rings. The smallest absolute Gasteiger partial charge is 0.227 e. The van der Waals surface area contributed by atoms with Gasteiger partial charge in [0.25, 0.3) is 0 Å². The van der Waals surface area contributed by atoms with Crippen LogP contribution in [0, 0.1) is 0 Å². The number of nitrogens with one attached hydrogen (secondary N) is 1. The van der Waals surface area contributed by atoms with E-state index < -0.39 is 0 Å². The molecule has 1 heterocycles. The lowest BCUT2D eigenvalue weighted by atomic mass is 10.0. The van der Waals surface area contributed by atoms with Crippen LogP contribution in [0.3, 0.4) is 0 Å². The van der Waals surface area contributed by atoms with Gasteiger partial charge in [0.1, 0.15) is 0 Å². The van der Waals surface area contributed by atoms with Crippen molar-refractivity contribution in [2.45, 2.75) is 6.42 Å². The molecule has 84 valence electrons. The van der Waals surface area contributed by atoms with Gasteiger partial charge in [0.2, 0.25) is 5.88 Å². The minimum absolute atomic E-state index is 0.0681. The summed E-state index contributed by atoms with van der Waals surface area (Å²) in [4.78, 5) is 5.17. The zero-order valence-corrected chi connectivity index (χ0v) is 8.89. The van der Waals surface area contributed by atoms with Gasteiger partial charge in [-0.1, -0.05) is 35.5 Å². The molecule has 1 aromatic carbocycles. The number of benzene rings is 1. The fourth-order valence-corrected chi connectivity index (χ4v) is 1.56. The van der Waals surface area contributed by atoms with E-state index in [-0.39, 0.29) is 6.61 Å². The highest BCUT2D eigenvalue weighted by atomic mass is 16.6. The summed E-state index contributed by atoms with van der Waals surface area (Å²) in [6.07, 6.45) is 2.46. The van der Waals surface area contributed by atoms with Crippen molar-refractivity contribution in [3.05, 3.63) is 41.8 Å². The third kappa shape index (κ3) is 2.41. The highest BCUT2D eigenvalue weighted by molar-refractivity contribution is 5.81. The van der Waals surface area contributed by atoms with E-state index in [1.54, 1.807) is 6.21 Å². The zero-order valence-electron chi connectivity index (χ0n) is 8.89. The third-order valence-electron chi connectivity index (χ3n) is 2.31. The molecule has 0 atom stereocenters. The van der Waals surface area contributed by atoms with Crippen molar-refractivity contribution < 1.29 is 9.94 Å². The second-order valence-electron chi connectivity index (χ2n) is 3.41. The van der Waals surface area contributed by atoms with E-state index in [0.29, 0.717) is 12.4 Å². The predicted molar refractivity (Wildman–Crippen MR) is 62.6 cm³/mol. The molecule has 0 fully saturated rings. The number of hydrogen-bond acceptors (Lipinski definition) is 4. The lowest BCUT2D eigenvalue weighted by molar-refractivity contribution is 0.194. The molecule has 1 aliphatic rings. The van der Waals surface area contributed by atoms with E-state index in [0.717, 1.165) is 17.6 Å². The fraction of sp³-hybridized carbons (Fsp3) is 0.250.